The molecule has 0 bridgehead atoms. The second-order valence-corrected chi connectivity index (χ2v) is 4.67. The number of nitrogens with zero attached hydrogens (tertiary/aromatic N) is 2. The Morgan fingerprint density at radius 1 is 1.35 bits per heavy atom. The van der Waals surface area contributed by atoms with Crippen LogP contribution >= 0.6 is 0 Å². The lowest BCUT2D eigenvalue weighted by molar-refractivity contribution is -0.139. The van der Waals surface area contributed by atoms with Gasteiger partial charge in [-0.3, -0.25) is 14.5 Å². The maximum atomic E-state index is 11.9. The van der Waals surface area contributed by atoms with E-state index in [1.807, 2.05) is 4.90 Å². The van der Waals surface area contributed by atoms with Crippen LogP contribution in [0.1, 0.15) is 12.8 Å². The number of carbonyl (C=O) groups excluding carboxylic acids is 2. The minimum Gasteiger partial charge on any atom is -0.393 e. The van der Waals surface area contributed by atoms with Gasteiger partial charge in [-0.1, -0.05) is 0 Å². The summed E-state index contributed by atoms with van der Waals surface area (Å²) in [5.41, 5.74) is 0. The van der Waals surface area contributed by atoms with Crippen molar-refractivity contribution in [3.63, 3.8) is 0 Å². The van der Waals surface area contributed by atoms with Crippen molar-refractivity contribution in [1.82, 2.24) is 15.1 Å². The summed E-state index contributed by atoms with van der Waals surface area (Å²) in [7, 11) is 0. The average Bonchev–Trinajstić information content (AvgIpc) is 2.32. The number of amides is 2. The Balaban J connectivity index is 1.78. The van der Waals surface area contributed by atoms with Gasteiger partial charge in [-0.25, -0.2) is 0 Å². The molecule has 0 aromatic carbocycles. The fourth-order valence-corrected chi connectivity index (χ4v) is 2.22. The maximum Gasteiger partial charge on any atom is 0.239 e. The molecule has 0 spiro atoms. The van der Waals surface area contributed by atoms with Crippen LogP contribution in [0.2, 0.25) is 0 Å². The zero-order valence-corrected chi connectivity index (χ0v) is 9.89. The zero-order chi connectivity index (χ0) is 12.3. The second-order valence-electron chi connectivity index (χ2n) is 4.67. The van der Waals surface area contributed by atoms with Gasteiger partial charge in [-0.15, -0.1) is 0 Å². The highest BCUT2D eigenvalue weighted by molar-refractivity contribution is 5.86. The first-order valence-corrected chi connectivity index (χ1v) is 6.10. The quantitative estimate of drug-likeness (QED) is 0.611. The van der Waals surface area contributed by atoms with Gasteiger partial charge in [0.15, 0.2) is 0 Å². The average molecular weight is 241 g/mol. The van der Waals surface area contributed by atoms with Gasteiger partial charge < -0.3 is 15.3 Å². The van der Waals surface area contributed by atoms with E-state index in [-0.39, 0.29) is 24.5 Å². The SMILES string of the molecule is O=C1CN(C(=O)CN2CCC(O)CC2)CCN1. The molecule has 0 radical (unpaired) electrons. The predicted molar refractivity (Wildman–Crippen MR) is 61.3 cm³/mol. The van der Waals surface area contributed by atoms with Gasteiger partial charge in [0.1, 0.15) is 0 Å². The molecule has 0 unspecified atom stereocenters. The van der Waals surface area contributed by atoms with Gasteiger partial charge in [-0.2, -0.15) is 0 Å². The normalized spacial score (nSPS) is 23.6. The molecule has 0 atom stereocenters. The van der Waals surface area contributed by atoms with E-state index in [0.717, 1.165) is 25.9 Å². The molecule has 2 rings (SSSR count). The van der Waals surface area contributed by atoms with Crippen LogP contribution in [0.5, 0.6) is 0 Å². The third-order valence-electron chi connectivity index (χ3n) is 3.31. The number of aliphatic hydroxyl groups excluding tert-OH is 1. The maximum absolute atomic E-state index is 11.9. The van der Waals surface area contributed by atoms with E-state index in [1.165, 1.54) is 0 Å². The van der Waals surface area contributed by atoms with Crippen molar-refractivity contribution >= 4 is 11.8 Å². The van der Waals surface area contributed by atoms with Crippen molar-refractivity contribution in [1.29, 1.82) is 0 Å². The topological polar surface area (TPSA) is 72.9 Å². The Kier molecular flexibility index (Phi) is 3.96. The summed E-state index contributed by atoms with van der Waals surface area (Å²) in [5, 5.41) is 12.1. The number of likely N-dealkylation sites (tertiary alicyclic amines) is 1. The van der Waals surface area contributed by atoms with Crippen LogP contribution in [0.4, 0.5) is 0 Å². The lowest BCUT2D eigenvalue weighted by Crippen LogP contribution is -2.53. The molecule has 2 heterocycles. The van der Waals surface area contributed by atoms with Crippen LogP contribution in [0.3, 0.4) is 0 Å². The van der Waals surface area contributed by atoms with E-state index in [2.05, 4.69) is 5.32 Å². The molecule has 2 fully saturated rings. The summed E-state index contributed by atoms with van der Waals surface area (Å²) in [5.74, 6) is -0.0742. The van der Waals surface area contributed by atoms with Crippen molar-refractivity contribution in [2.45, 2.75) is 18.9 Å². The van der Waals surface area contributed by atoms with Crippen LogP contribution in [0.25, 0.3) is 0 Å². The number of hydrogen-bond acceptors (Lipinski definition) is 4. The van der Waals surface area contributed by atoms with Crippen LogP contribution in [0, 0.1) is 0 Å². The summed E-state index contributed by atoms with van der Waals surface area (Å²) in [6.45, 7) is 3.19. The number of piperidine rings is 1. The first-order valence-electron chi connectivity index (χ1n) is 6.10. The first kappa shape index (κ1) is 12.3. The summed E-state index contributed by atoms with van der Waals surface area (Å²) in [4.78, 5) is 26.7. The largest absolute Gasteiger partial charge is 0.393 e. The lowest BCUT2D eigenvalue weighted by Gasteiger charge is -2.32. The molecule has 2 saturated heterocycles. The van der Waals surface area contributed by atoms with Crippen molar-refractivity contribution < 1.29 is 14.7 Å². The Morgan fingerprint density at radius 2 is 2.06 bits per heavy atom. The Morgan fingerprint density at radius 3 is 2.71 bits per heavy atom. The van der Waals surface area contributed by atoms with E-state index in [4.69, 9.17) is 0 Å². The van der Waals surface area contributed by atoms with Gasteiger partial charge in [0.2, 0.25) is 11.8 Å². The number of nitrogens with one attached hydrogen (secondary N) is 1. The van der Waals surface area contributed by atoms with Crippen LogP contribution < -0.4 is 5.32 Å². The predicted octanol–water partition coefficient (Wildman–Crippen LogP) is -1.60. The minimum atomic E-state index is -0.220. The number of hydrogen-bond donors (Lipinski definition) is 2. The highest BCUT2D eigenvalue weighted by atomic mass is 16.3. The number of piperazine rings is 1. The molecule has 2 N–H and O–H groups in total. The van der Waals surface area contributed by atoms with Gasteiger partial charge >= 0.3 is 0 Å². The van der Waals surface area contributed by atoms with E-state index in [9.17, 15) is 14.7 Å². The molecule has 96 valence electrons. The molecule has 2 aliphatic heterocycles. The van der Waals surface area contributed by atoms with E-state index < -0.39 is 0 Å². The third kappa shape index (κ3) is 3.41. The number of rotatable bonds is 2. The van der Waals surface area contributed by atoms with Crippen LogP contribution in [0.15, 0.2) is 0 Å². The Labute approximate surface area is 101 Å². The van der Waals surface area contributed by atoms with Crippen LogP contribution in [-0.2, 0) is 9.59 Å². The van der Waals surface area contributed by atoms with Gasteiger partial charge in [-0.05, 0) is 12.8 Å². The summed E-state index contributed by atoms with van der Waals surface area (Å²) < 4.78 is 0. The smallest absolute Gasteiger partial charge is 0.239 e. The standard InChI is InChI=1S/C11H19N3O3/c15-9-1-4-13(5-2-9)8-11(17)14-6-3-12-10(16)7-14/h9,15H,1-8H2,(H,12,16). The van der Waals surface area contributed by atoms with Gasteiger partial charge in [0.25, 0.3) is 0 Å². The van der Waals surface area contributed by atoms with Gasteiger partial charge in [0.05, 0.1) is 19.2 Å². The molecule has 2 amide bonds. The monoisotopic (exact) mass is 241 g/mol. The van der Waals surface area contributed by atoms with Crippen LogP contribution in [-0.4, -0.2) is 72.1 Å². The second kappa shape index (κ2) is 5.46. The Hall–Kier alpha value is -1.14. The summed E-state index contributed by atoms with van der Waals surface area (Å²) in [6, 6.07) is 0. The molecule has 17 heavy (non-hydrogen) atoms. The first-order chi connectivity index (χ1) is 8.15. The molecule has 0 aromatic heterocycles. The number of aliphatic hydroxyl groups is 1. The molecule has 2 aliphatic rings. The fourth-order valence-electron chi connectivity index (χ4n) is 2.22. The van der Waals surface area contributed by atoms with Crippen molar-refractivity contribution in [3.05, 3.63) is 0 Å². The van der Waals surface area contributed by atoms with E-state index in [0.29, 0.717) is 19.6 Å². The molecule has 0 saturated carbocycles. The molecular weight excluding hydrogens is 222 g/mol. The molecule has 6 nitrogen and oxygen atoms in total. The zero-order valence-electron chi connectivity index (χ0n) is 9.89. The van der Waals surface area contributed by atoms with Gasteiger partial charge in [0, 0.05) is 26.2 Å². The summed E-state index contributed by atoms with van der Waals surface area (Å²) >= 11 is 0. The Bertz CT molecular complexity index is 300. The lowest BCUT2D eigenvalue weighted by atomic mass is 10.1. The number of carbonyl (C=O) groups is 2. The van der Waals surface area contributed by atoms with E-state index in [1.54, 1.807) is 4.90 Å². The minimum absolute atomic E-state index is 0.0104. The van der Waals surface area contributed by atoms with Crippen molar-refractivity contribution in [3.8, 4) is 0 Å². The third-order valence-corrected chi connectivity index (χ3v) is 3.31. The summed E-state index contributed by atoms with van der Waals surface area (Å²) in [6.07, 6.45) is 1.24. The molecule has 0 aliphatic carbocycles. The highest BCUT2D eigenvalue weighted by Gasteiger charge is 2.24. The fraction of sp³-hybridized carbons (Fsp3) is 0.818. The highest BCUT2D eigenvalue weighted by Crippen LogP contribution is 2.10. The van der Waals surface area contributed by atoms with Crippen molar-refractivity contribution in [2.75, 3.05) is 39.3 Å². The molecule has 0 aromatic rings. The molecular formula is C11H19N3O3. The molecule has 6 heteroatoms. The van der Waals surface area contributed by atoms with Crippen molar-refractivity contribution in [2.24, 2.45) is 0 Å². The van der Waals surface area contributed by atoms with E-state index >= 15 is 0 Å².